The van der Waals surface area contributed by atoms with Crippen LogP contribution in [0.25, 0.3) is 0 Å². The largest absolute Gasteiger partial charge is 0.323 e. The van der Waals surface area contributed by atoms with Crippen LogP contribution < -0.4 is 5.73 Å². The highest BCUT2D eigenvalue weighted by Crippen LogP contribution is 2.36. The van der Waals surface area contributed by atoms with Gasteiger partial charge in [0.05, 0.1) is 4.92 Å². The average molecular weight is 252 g/mol. The third-order valence-electron chi connectivity index (χ3n) is 3.70. The van der Waals surface area contributed by atoms with Crippen LogP contribution in [0.2, 0.25) is 0 Å². The fourth-order valence-corrected chi connectivity index (χ4v) is 2.71. The van der Waals surface area contributed by atoms with Gasteiger partial charge in [0, 0.05) is 17.7 Å². The predicted molar refractivity (Wildman–Crippen MR) is 66.6 cm³/mol. The Bertz CT molecular complexity index is 445. The molecule has 2 rings (SSSR count). The molecule has 18 heavy (non-hydrogen) atoms. The molecule has 0 aromatic heterocycles. The Balaban J connectivity index is 2.30. The molecule has 4 nitrogen and oxygen atoms in total. The van der Waals surface area contributed by atoms with Gasteiger partial charge in [0.25, 0.3) is 5.69 Å². The summed E-state index contributed by atoms with van der Waals surface area (Å²) in [6.45, 7) is 0. The van der Waals surface area contributed by atoms with E-state index in [-0.39, 0.29) is 11.6 Å². The highest BCUT2D eigenvalue weighted by Gasteiger charge is 2.27. The first-order valence-corrected chi connectivity index (χ1v) is 6.29. The van der Waals surface area contributed by atoms with Gasteiger partial charge < -0.3 is 5.73 Å². The molecule has 0 saturated heterocycles. The van der Waals surface area contributed by atoms with Crippen molar-refractivity contribution in [2.45, 2.75) is 38.1 Å². The summed E-state index contributed by atoms with van der Waals surface area (Å²) in [4.78, 5) is 10.5. The number of nitro groups is 1. The van der Waals surface area contributed by atoms with E-state index in [1.54, 1.807) is 0 Å². The van der Waals surface area contributed by atoms with Gasteiger partial charge in [0.2, 0.25) is 0 Å². The van der Waals surface area contributed by atoms with Crippen molar-refractivity contribution >= 4 is 5.69 Å². The number of nitrogens with two attached hydrogens (primary N) is 1. The Morgan fingerprint density at radius 3 is 2.61 bits per heavy atom. The number of nitrogens with zero attached hydrogens (tertiary/aromatic N) is 1. The topological polar surface area (TPSA) is 69.2 Å². The van der Waals surface area contributed by atoms with E-state index in [1.807, 2.05) is 0 Å². The summed E-state index contributed by atoms with van der Waals surface area (Å²) in [6.07, 6.45) is 5.32. The van der Waals surface area contributed by atoms with Crippen LogP contribution >= 0.6 is 0 Å². The number of hydrogen-bond donors (Lipinski definition) is 1. The van der Waals surface area contributed by atoms with E-state index in [9.17, 15) is 14.5 Å². The molecule has 1 atom stereocenters. The summed E-state index contributed by atoms with van der Waals surface area (Å²) < 4.78 is 13.3. The molecule has 0 amide bonds. The molecule has 0 heterocycles. The van der Waals surface area contributed by atoms with Crippen molar-refractivity contribution in [2.75, 3.05) is 0 Å². The Morgan fingerprint density at radius 2 is 2.00 bits per heavy atom. The molecule has 0 unspecified atom stereocenters. The molecule has 0 spiro atoms. The van der Waals surface area contributed by atoms with Crippen LogP contribution in [0.4, 0.5) is 10.1 Å². The first kappa shape index (κ1) is 13.0. The van der Waals surface area contributed by atoms with Crippen LogP contribution in [0.3, 0.4) is 0 Å². The van der Waals surface area contributed by atoms with Gasteiger partial charge in [-0.3, -0.25) is 10.1 Å². The summed E-state index contributed by atoms with van der Waals surface area (Å²) >= 11 is 0. The molecule has 5 heteroatoms. The maximum Gasteiger partial charge on any atom is 0.274 e. The van der Waals surface area contributed by atoms with Crippen molar-refractivity contribution in [1.82, 2.24) is 0 Å². The Labute approximate surface area is 105 Å². The maximum absolute atomic E-state index is 13.3. The molecular formula is C13H17FN2O2. The summed E-state index contributed by atoms with van der Waals surface area (Å²) in [5.74, 6) is -0.249. The lowest BCUT2D eigenvalue weighted by Crippen LogP contribution is -2.24. The highest BCUT2D eigenvalue weighted by atomic mass is 19.1. The number of hydrogen-bond acceptors (Lipinski definition) is 3. The molecule has 1 fully saturated rings. The second kappa shape index (κ2) is 5.44. The van der Waals surface area contributed by atoms with E-state index in [4.69, 9.17) is 5.73 Å². The minimum atomic E-state index is -0.489. The molecule has 1 saturated carbocycles. The number of nitro benzene ring substituents is 1. The van der Waals surface area contributed by atoms with E-state index < -0.39 is 16.8 Å². The highest BCUT2D eigenvalue weighted by molar-refractivity contribution is 5.42. The van der Waals surface area contributed by atoms with Gasteiger partial charge in [-0.2, -0.15) is 0 Å². The van der Waals surface area contributed by atoms with Crippen molar-refractivity contribution in [2.24, 2.45) is 11.7 Å². The van der Waals surface area contributed by atoms with E-state index in [2.05, 4.69) is 0 Å². The summed E-state index contributed by atoms with van der Waals surface area (Å²) in [6, 6.07) is 3.07. The molecule has 2 N–H and O–H groups in total. The average Bonchev–Trinajstić information content (AvgIpc) is 2.38. The predicted octanol–water partition coefficient (Wildman–Crippen LogP) is 3.31. The van der Waals surface area contributed by atoms with Gasteiger partial charge in [-0.25, -0.2) is 4.39 Å². The summed E-state index contributed by atoms with van der Waals surface area (Å²) in [5, 5.41) is 10.9. The van der Waals surface area contributed by atoms with Gasteiger partial charge in [0.15, 0.2) is 0 Å². The molecule has 1 aliphatic rings. The van der Waals surface area contributed by atoms with Crippen LogP contribution in [-0.2, 0) is 0 Å². The van der Waals surface area contributed by atoms with Crippen LogP contribution in [0, 0.1) is 21.8 Å². The normalized spacial score (nSPS) is 18.6. The van der Waals surface area contributed by atoms with Gasteiger partial charge in [0.1, 0.15) is 5.82 Å². The van der Waals surface area contributed by atoms with E-state index in [0.29, 0.717) is 5.56 Å². The third kappa shape index (κ3) is 2.67. The Hall–Kier alpha value is -1.49. The molecule has 0 radical (unpaired) electrons. The smallest absolute Gasteiger partial charge is 0.274 e. The zero-order valence-corrected chi connectivity index (χ0v) is 10.1. The Kier molecular flexibility index (Phi) is 3.91. The van der Waals surface area contributed by atoms with Crippen LogP contribution in [-0.4, -0.2) is 4.92 Å². The van der Waals surface area contributed by atoms with Crippen molar-refractivity contribution in [3.8, 4) is 0 Å². The first-order chi connectivity index (χ1) is 8.59. The lowest BCUT2D eigenvalue weighted by molar-refractivity contribution is -0.385. The summed E-state index contributed by atoms with van der Waals surface area (Å²) in [5.41, 5.74) is 6.36. The quantitative estimate of drug-likeness (QED) is 0.662. The minimum absolute atomic E-state index is 0.0746. The monoisotopic (exact) mass is 252 g/mol. The zero-order chi connectivity index (χ0) is 13.1. The van der Waals surface area contributed by atoms with E-state index >= 15 is 0 Å². The zero-order valence-electron chi connectivity index (χ0n) is 10.1. The van der Waals surface area contributed by atoms with E-state index in [0.717, 1.165) is 31.7 Å². The second-order valence-corrected chi connectivity index (χ2v) is 4.88. The minimum Gasteiger partial charge on any atom is -0.323 e. The van der Waals surface area contributed by atoms with E-state index in [1.165, 1.54) is 18.6 Å². The number of rotatable bonds is 3. The van der Waals surface area contributed by atoms with Crippen LogP contribution in [0.5, 0.6) is 0 Å². The van der Waals surface area contributed by atoms with Crippen molar-refractivity contribution in [3.05, 3.63) is 39.7 Å². The lowest BCUT2D eigenvalue weighted by atomic mass is 9.81. The van der Waals surface area contributed by atoms with Crippen molar-refractivity contribution < 1.29 is 9.31 Å². The maximum atomic E-state index is 13.3. The third-order valence-corrected chi connectivity index (χ3v) is 3.70. The van der Waals surface area contributed by atoms with Crippen LogP contribution in [0.15, 0.2) is 18.2 Å². The van der Waals surface area contributed by atoms with Gasteiger partial charge in [-0.15, -0.1) is 0 Å². The standard InChI is InChI=1S/C13H17FN2O2/c14-10-6-7-12(16(17)18)11(8-10)13(15)9-4-2-1-3-5-9/h6-9,13H,1-5,15H2/t13-/m1/s1. The van der Waals surface area contributed by atoms with Gasteiger partial charge >= 0.3 is 0 Å². The van der Waals surface area contributed by atoms with Gasteiger partial charge in [-0.05, 0) is 30.9 Å². The Morgan fingerprint density at radius 1 is 1.33 bits per heavy atom. The molecule has 98 valence electrons. The fourth-order valence-electron chi connectivity index (χ4n) is 2.71. The molecule has 1 aromatic rings. The molecular weight excluding hydrogens is 235 g/mol. The number of halogens is 1. The molecule has 1 aromatic carbocycles. The second-order valence-electron chi connectivity index (χ2n) is 4.88. The first-order valence-electron chi connectivity index (χ1n) is 6.29. The summed E-state index contributed by atoms with van der Waals surface area (Å²) in [7, 11) is 0. The fraction of sp³-hybridized carbons (Fsp3) is 0.538. The molecule has 0 bridgehead atoms. The molecule has 0 aliphatic heterocycles. The van der Waals surface area contributed by atoms with Crippen LogP contribution in [0.1, 0.15) is 43.7 Å². The van der Waals surface area contributed by atoms with Crippen molar-refractivity contribution in [1.29, 1.82) is 0 Å². The SMILES string of the molecule is N[C@@H](c1cc(F)ccc1[N+](=O)[O-])C1CCCCC1. The molecule has 1 aliphatic carbocycles. The van der Waals surface area contributed by atoms with Crippen molar-refractivity contribution in [3.63, 3.8) is 0 Å². The number of benzene rings is 1. The lowest BCUT2D eigenvalue weighted by Gasteiger charge is -2.27. The van der Waals surface area contributed by atoms with Gasteiger partial charge in [-0.1, -0.05) is 19.3 Å².